The lowest BCUT2D eigenvalue weighted by molar-refractivity contribution is 0.0594. The number of halogens is 1. The average molecular weight is 237 g/mol. The Labute approximate surface area is 97.2 Å². The third kappa shape index (κ3) is 1.79. The van der Waals surface area contributed by atoms with E-state index in [1.165, 1.54) is 7.11 Å². The minimum absolute atomic E-state index is 0.169. The normalized spacial score (nSPS) is 10.1. The van der Waals surface area contributed by atoms with Crippen LogP contribution in [0.1, 0.15) is 10.5 Å². The molecule has 0 aliphatic carbocycles. The molecule has 0 atom stereocenters. The second kappa shape index (κ2) is 4.37. The van der Waals surface area contributed by atoms with Crippen LogP contribution in [0.25, 0.3) is 11.3 Å². The molecule has 1 N–H and O–H groups in total. The second-order valence-electron chi connectivity index (χ2n) is 3.12. The van der Waals surface area contributed by atoms with E-state index in [9.17, 15) is 4.79 Å². The number of rotatable bonds is 2. The zero-order chi connectivity index (χ0) is 11.5. The van der Waals surface area contributed by atoms with Gasteiger partial charge in [0, 0.05) is 5.56 Å². The molecule has 1 aromatic carbocycles. The van der Waals surface area contributed by atoms with Gasteiger partial charge in [0.1, 0.15) is 10.7 Å². The van der Waals surface area contributed by atoms with Gasteiger partial charge in [-0.15, -0.1) is 0 Å². The minimum atomic E-state index is -0.528. The van der Waals surface area contributed by atoms with E-state index >= 15 is 0 Å². The van der Waals surface area contributed by atoms with Crippen molar-refractivity contribution in [2.24, 2.45) is 0 Å². The SMILES string of the molecule is COC(=O)c1[nH]nc(-c2ccccc2)c1Cl. The van der Waals surface area contributed by atoms with Crippen molar-refractivity contribution >= 4 is 17.6 Å². The van der Waals surface area contributed by atoms with Crippen molar-refractivity contribution in [3.8, 4) is 11.3 Å². The van der Waals surface area contributed by atoms with Gasteiger partial charge >= 0.3 is 5.97 Å². The van der Waals surface area contributed by atoms with E-state index in [-0.39, 0.29) is 10.7 Å². The van der Waals surface area contributed by atoms with E-state index in [4.69, 9.17) is 11.6 Å². The molecule has 0 unspecified atom stereocenters. The molecule has 82 valence electrons. The maximum atomic E-state index is 11.3. The summed E-state index contributed by atoms with van der Waals surface area (Å²) >= 11 is 6.04. The van der Waals surface area contributed by atoms with Crippen LogP contribution in [-0.4, -0.2) is 23.3 Å². The number of ether oxygens (including phenoxy) is 1. The number of nitrogens with zero attached hydrogens (tertiary/aromatic N) is 1. The topological polar surface area (TPSA) is 55.0 Å². The Kier molecular flexibility index (Phi) is 2.92. The zero-order valence-electron chi connectivity index (χ0n) is 8.53. The number of aromatic amines is 1. The minimum Gasteiger partial charge on any atom is -0.464 e. The van der Waals surface area contributed by atoms with E-state index in [1.807, 2.05) is 30.3 Å². The highest BCUT2D eigenvalue weighted by Crippen LogP contribution is 2.28. The van der Waals surface area contributed by atoms with Gasteiger partial charge in [-0.2, -0.15) is 5.10 Å². The molecule has 1 aromatic heterocycles. The molecule has 2 aromatic rings. The van der Waals surface area contributed by atoms with Crippen molar-refractivity contribution in [3.63, 3.8) is 0 Å². The fraction of sp³-hybridized carbons (Fsp3) is 0.0909. The summed E-state index contributed by atoms with van der Waals surface area (Å²) in [5.74, 6) is -0.528. The molecule has 0 spiro atoms. The highest BCUT2D eigenvalue weighted by molar-refractivity contribution is 6.35. The number of esters is 1. The first kappa shape index (κ1) is 10.7. The Balaban J connectivity index is 2.45. The fourth-order valence-electron chi connectivity index (χ4n) is 1.35. The second-order valence-corrected chi connectivity index (χ2v) is 3.50. The number of nitrogens with one attached hydrogen (secondary N) is 1. The van der Waals surface area contributed by atoms with Crippen LogP contribution in [0.4, 0.5) is 0 Å². The number of benzene rings is 1. The predicted octanol–water partition coefficient (Wildman–Crippen LogP) is 2.52. The van der Waals surface area contributed by atoms with Crippen molar-refractivity contribution < 1.29 is 9.53 Å². The summed E-state index contributed by atoms with van der Waals surface area (Å²) in [7, 11) is 1.29. The number of H-pyrrole nitrogens is 1. The van der Waals surface area contributed by atoms with Gasteiger partial charge in [-0.1, -0.05) is 41.9 Å². The maximum absolute atomic E-state index is 11.3. The van der Waals surface area contributed by atoms with E-state index in [1.54, 1.807) is 0 Å². The first-order valence-corrected chi connectivity index (χ1v) is 4.99. The molecule has 0 saturated carbocycles. The van der Waals surface area contributed by atoms with Gasteiger partial charge in [-0.3, -0.25) is 5.10 Å². The summed E-state index contributed by atoms with van der Waals surface area (Å²) < 4.78 is 4.57. The molecule has 2 rings (SSSR count). The zero-order valence-corrected chi connectivity index (χ0v) is 9.28. The van der Waals surface area contributed by atoms with Crippen LogP contribution in [0.3, 0.4) is 0 Å². The largest absolute Gasteiger partial charge is 0.464 e. The molecule has 5 heteroatoms. The molecule has 0 aliphatic heterocycles. The molecule has 0 radical (unpaired) electrons. The predicted molar refractivity (Wildman–Crippen MR) is 60.4 cm³/mol. The van der Waals surface area contributed by atoms with Crippen LogP contribution in [0.5, 0.6) is 0 Å². The Hall–Kier alpha value is -1.81. The molecule has 0 saturated heterocycles. The highest BCUT2D eigenvalue weighted by atomic mass is 35.5. The quantitative estimate of drug-likeness (QED) is 0.816. The molecule has 0 bridgehead atoms. The lowest BCUT2D eigenvalue weighted by atomic mass is 10.1. The molecular formula is C11H9ClN2O2. The third-order valence-electron chi connectivity index (χ3n) is 2.14. The first-order chi connectivity index (χ1) is 7.74. The van der Waals surface area contributed by atoms with E-state index in [0.29, 0.717) is 5.69 Å². The fourth-order valence-corrected chi connectivity index (χ4v) is 1.62. The molecule has 0 fully saturated rings. The summed E-state index contributed by atoms with van der Waals surface area (Å²) in [5, 5.41) is 6.84. The number of methoxy groups -OCH3 is 1. The third-order valence-corrected chi connectivity index (χ3v) is 2.51. The summed E-state index contributed by atoms with van der Waals surface area (Å²) in [4.78, 5) is 11.3. The van der Waals surface area contributed by atoms with E-state index in [0.717, 1.165) is 5.56 Å². The number of carbonyl (C=O) groups is 1. The van der Waals surface area contributed by atoms with Crippen LogP contribution in [0.2, 0.25) is 5.02 Å². The van der Waals surface area contributed by atoms with E-state index < -0.39 is 5.97 Å². The number of carbonyl (C=O) groups excluding carboxylic acids is 1. The monoisotopic (exact) mass is 236 g/mol. The van der Waals surface area contributed by atoms with Gasteiger partial charge in [0.25, 0.3) is 0 Å². The summed E-state index contributed by atoms with van der Waals surface area (Å²) in [6.45, 7) is 0. The average Bonchev–Trinajstić information content (AvgIpc) is 2.71. The van der Waals surface area contributed by atoms with Crippen molar-refractivity contribution in [2.75, 3.05) is 7.11 Å². The first-order valence-electron chi connectivity index (χ1n) is 4.61. The maximum Gasteiger partial charge on any atom is 0.357 e. The van der Waals surface area contributed by atoms with Crippen LogP contribution in [0, 0.1) is 0 Å². The highest BCUT2D eigenvalue weighted by Gasteiger charge is 2.18. The lowest BCUT2D eigenvalue weighted by Crippen LogP contribution is -2.01. The van der Waals surface area contributed by atoms with Gasteiger partial charge in [0.15, 0.2) is 5.69 Å². The van der Waals surface area contributed by atoms with E-state index in [2.05, 4.69) is 14.9 Å². The van der Waals surface area contributed by atoms with Gasteiger partial charge in [0.05, 0.1) is 7.11 Å². The smallest absolute Gasteiger partial charge is 0.357 e. The van der Waals surface area contributed by atoms with Gasteiger partial charge in [-0.25, -0.2) is 4.79 Å². The Morgan fingerprint density at radius 1 is 1.38 bits per heavy atom. The molecule has 0 amide bonds. The number of hydrogen-bond donors (Lipinski definition) is 1. The van der Waals surface area contributed by atoms with Crippen molar-refractivity contribution in [3.05, 3.63) is 41.0 Å². The molecule has 4 nitrogen and oxygen atoms in total. The van der Waals surface area contributed by atoms with Crippen molar-refractivity contribution in [1.82, 2.24) is 10.2 Å². The molecule has 0 aliphatic rings. The Bertz CT molecular complexity index is 508. The van der Waals surface area contributed by atoms with Gasteiger partial charge in [0.2, 0.25) is 0 Å². The molecular weight excluding hydrogens is 228 g/mol. The van der Waals surface area contributed by atoms with Crippen LogP contribution < -0.4 is 0 Å². The van der Waals surface area contributed by atoms with Gasteiger partial charge in [-0.05, 0) is 0 Å². The Morgan fingerprint density at radius 2 is 2.06 bits per heavy atom. The van der Waals surface area contributed by atoms with Gasteiger partial charge < -0.3 is 4.74 Å². The van der Waals surface area contributed by atoms with Crippen LogP contribution >= 0.6 is 11.6 Å². The number of hydrogen-bond acceptors (Lipinski definition) is 3. The molecule has 1 heterocycles. The molecule has 16 heavy (non-hydrogen) atoms. The van der Waals surface area contributed by atoms with Crippen LogP contribution in [0.15, 0.2) is 30.3 Å². The lowest BCUT2D eigenvalue weighted by Gasteiger charge is -1.97. The number of aromatic nitrogens is 2. The summed E-state index contributed by atoms with van der Waals surface area (Å²) in [6, 6.07) is 9.37. The summed E-state index contributed by atoms with van der Waals surface area (Å²) in [6.07, 6.45) is 0. The van der Waals surface area contributed by atoms with Crippen molar-refractivity contribution in [1.29, 1.82) is 0 Å². The Morgan fingerprint density at radius 3 is 2.69 bits per heavy atom. The standard InChI is InChI=1S/C11H9ClN2O2/c1-16-11(15)10-8(12)9(13-14-10)7-5-3-2-4-6-7/h2-6H,1H3,(H,13,14). The van der Waals surface area contributed by atoms with Crippen molar-refractivity contribution in [2.45, 2.75) is 0 Å². The van der Waals surface area contributed by atoms with Crippen LogP contribution in [-0.2, 0) is 4.74 Å². The summed E-state index contributed by atoms with van der Waals surface area (Å²) in [5.41, 5.74) is 1.56.